The molecule has 0 bridgehead atoms. The van der Waals surface area contributed by atoms with E-state index in [1.807, 2.05) is 25.3 Å². The summed E-state index contributed by atoms with van der Waals surface area (Å²) >= 11 is 1.36. The van der Waals surface area contributed by atoms with Gasteiger partial charge in [-0.1, -0.05) is 6.07 Å². The lowest BCUT2D eigenvalue weighted by molar-refractivity contribution is -0.131. The summed E-state index contributed by atoms with van der Waals surface area (Å²) in [4.78, 5) is 41.1. The van der Waals surface area contributed by atoms with E-state index in [2.05, 4.69) is 0 Å². The van der Waals surface area contributed by atoms with Gasteiger partial charge in [0.25, 0.3) is 5.91 Å². The molecule has 0 radical (unpaired) electrons. The molecule has 1 aliphatic heterocycles. The van der Waals surface area contributed by atoms with Gasteiger partial charge in [0.1, 0.15) is 12.3 Å². The number of likely N-dealkylation sites (N-methyl/N-ethyl adjacent to an activating group) is 1. The van der Waals surface area contributed by atoms with Crippen LogP contribution in [0.4, 0.5) is 5.69 Å². The normalized spacial score (nSPS) is 13.2. The molecule has 136 valence electrons. The first-order valence-corrected chi connectivity index (χ1v) is 9.36. The second-order valence-corrected chi connectivity index (χ2v) is 6.77. The molecule has 0 atom stereocenters. The van der Waals surface area contributed by atoms with Gasteiger partial charge in [-0.2, -0.15) is 0 Å². The second-order valence-electron chi connectivity index (χ2n) is 5.82. The first kappa shape index (κ1) is 18.1. The summed E-state index contributed by atoms with van der Waals surface area (Å²) in [7, 11) is 0. The van der Waals surface area contributed by atoms with E-state index < -0.39 is 0 Å². The molecule has 3 rings (SSSR count). The summed E-state index contributed by atoms with van der Waals surface area (Å²) in [6, 6.07) is 8.57. The van der Waals surface area contributed by atoms with Crippen molar-refractivity contribution in [2.45, 2.75) is 13.8 Å². The van der Waals surface area contributed by atoms with E-state index in [9.17, 15) is 14.4 Å². The summed E-state index contributed by atoms with van der Waals surface area (Å²) in [5, 5.41) is 1.84. The van der Waals surface area contributed by atoms with Gasteiger partial charge in [-0.05, 0) is 43.5 Å². The number of nitrogens with zero attached hydrogens (tertiary/aromatic N) is 2. The standard InChI is InChI=1S/C19H20N2O4S/c1-3-20(4-2)17(22)11-21-14-10-13(19(24)16-6-5-9-26-16)7-8-15(14)25-12-18(21)23/h5-10H,3-4,11-12H2,1-2H3. The molecule has 26 heavy (non-hydrogen) atoms. The van der Waals surface area contributed by atoms with E-state index in [1.165, 1.54) is 16.2 Å². The number of ketones is 1. The Morgan fingerprint density at radius 1 is 1.23 bits per heavy atom. The topological polar surface area (TPSA) is 66.9 Å². The molecule has 0 spiro atoms. The zero-order chi connectivity index (χ0) is 18.7. The average molecular weight is 372 g/mol. The molecule has 0 aliphatic carbocycles. The lowest BCUT2D eigenvalue weighted by atomic mass is 10.1. The van der Waals surface area contributed by atoms with Crippen molar-refractivity contribution in [1.29, 1.82) is 0 Å². The van der Waals surface area contributed by atoms with Gasteiger partial charge in [-0.25, -0.2) is 0 Å². The molecule has 7 heteroatoms. The predicted octanol–water partition coefficient (Wildman–Crippen LogP) is 2.57. The number of ether oxygens (including phenoxy) is 1. The Hall–Kier alpha value is -2.67. The van der Waals surface area contributed by atoms with Crippen molar-refractivity contribution in [1.82, 2.24) is 4.90 Å². The average Bonchev–Trinajstić information content (AvgIpc) is 3.19. The van der Waals surface area contributed by atoms with Crippen LogP contribution < -0.4 is 9.64 Å². The predicted molar refractivity (Wildman–Crippen MR) is 100.0 cm³/mol. The Balaban J connectivity index is 1.92. The van der Waals surface area contributed by atoms with Gasteiger partial charge in [-0.15, -0.1) is 11.3 Å². The highest BCUT2D eigenvalue weighted by molar-refractivity contribution is 7.12. The summed E-state index contributed by atoms with van der Waals surface area (Å²) in [5.74, 6) is -0.0413. The number of amides is 2. The fourth-order valence-corrected chi connectivity index (χ4v) is 3.56. The van der Waals surface area contributed by atoms with Gasteiger partial charge in [0.05, 0.1) is 10.6 Å². The van der Waals surface area contributed by atoms with Crippen molar-refractivity contribution in [3.63, 3.8) is 0 Å². The zero-order valence-corrected chi connectivity index (χ0v) is 15.5. The number of thiophene rings is 1. The number of benzene rings is 1. The van der Waals surface area contributed by atoms with Crippen LogP contribution >= 0.6 is 11.3 Å². The van der Waals surface area contributed by atoms with E-state index in [4.69, 9.17) is 4.74 Å². The molecule has 2 heterocycles. The number of fused-ring (bicyclic) bond motifs is 1. The fourth-order valence-electron chi connectivity index (χ4n) is 2.88. The van der Waals surface area contributed by atoms with Crippen molar-refractivity contribution in [3.8, 4) is 5.75 Å². The highest BCUT2D eigenvalue weighted by Crippen LogP contribution is 2.33. The minimum atomic E-state index is -0.293. The molecule has 0 unspecified atom stereocenters. The van der Waals surface area contributed by atoms with Gasteiger partial charge in [0.15, 0.2) is 6.61 Å². The number of rotatable bonds is 6. The van der Waals surface area contributed by atoms with Crippen molar-refractivity contribution < 1.29 is 19.1 Å². The van der Waals surface area contributed by atoms with Crippen molar-refractivity contribution in [3.05, 3.63) is 46.2 Å². The van der Waals surface area contributed by atoms with Crippen LogP contribution in [-0.4, -0.2) is 48.7 Å². The zero-order valence-electron chi connectivity index (χ0n) is 14.7. The molecule has 0 saturated carbocycles. The highest BCUT2D eigenvalue weighted by Gasteiger charge is 2.29. The van der Waals surface area contributed by atoms with Crippen molar-refractivity contribution >= 4 is 34.6 Å². The van der Waals surface area contributed by atoms with Crippen LogP contribution in [0.25, 0.3) is 0 Å². The molecule has 1 aromatic carbocycles. The maximum Gasteiger partial charge on any atom is 0.265 e. The van der Waals surface area contributed by atoms with E-state index in [1.54, 1.807) is 29.2 Å². The number of anilines is 1. The molecule has 1 aliphatic rings. The number of carbonyl (C=O) groups excluding carboxylic acids is 3. The third-order valence-electron chi connectivity index (χ3n) is 4.32. The molecule has 1 aromatic heterocycles. The van der Waals surface area contributed by atoms with E-state index in [0.29, 0.717) is 35.0 Å². The SMILES string of the molecule is CCN(CC)C(=O)CN1C(=O)COc2ccc(C(=O)c3cccs3)cc21. The maximum atomic E-state index is 12.6. The largest absolute Gasteiger partial charge is 0.482 e. The van der Waals surface area contributed by atoms with Crippen LogP contribution in [0.5, 0.6) is 5.75 Å². The Kier molecular flexibility index (Phi) is 5.37. The van der Waals surface area contributed by atoms with Crippen LogP contribution in [-0.2, 0) is 9.59 Å². The van der Waals surface area contributed by atoms with Crippen molar-refractivity contribution in [2.75, 3.05) is 31.1 Å². The minimum absolute atomic E-state index is 0.0620. The molecular weight excluding hydrogens is 352 g/mol. The van der Waals surface area contributed by atoms with E-state index in [0.717, 1.165) is 0 Å². The third kappa shape index (κ3) is 3.48. The molecular formula is C19H20N2O4S. The van der Waals surface area contributed by atoms with Gasteiger partial charge in [-0.3, -0.25) is 19.3 Å². The quantitative estimate of drug-likeness (QED) is 0.731. The summed E-state index contributed by atoms with van der Waals surface area (Å²) in [5.41, 5.74) is 0.925. The van der Waals surface area contributed by atoms with Gasteiger partial charge in [0.2, 0.25) is 11.7 Å². The van der Waals surface area contributed by atoms with Crippen molar-refractivity contribution in [2.24, 2.45) is 0 Å². The van der Waals surface area contributed by atoms with Gasteiger partial charge in [0, 0.05) is 18.7 Å². The molecule has 0 N–H and O–H groups in total. The second kappa shape index (κ2) is 7.70. The number of hydrogen-bond acceptors (Lipinski definition) is 5. The Morgan fingerprint density at radius 3 is 2.65 bits per heavy atom. The van der Waals surface area contributed by atoms with E-state index in [-0.39, 0.29) is 30.7 Å². The molecule has 0 saturated heterocycles. The van der Waals surface area contributed by atoms with Crippen LogP contribution in [0.3, 0.4) is 0 Å². The lowest BCUT2D eigenvalue weighted by Crippen LogP contribution is -2.46. The maximum absolute atomic E-state index is 12.6. The van der Waals surface area contributed by atoms with Gasteiger partial charge >= 0.3 is 0 Å². The number of carbonyl (C=O) groups is 3. The molecule has 2 amide bonds. The Bertz CT molecular complexity index is 828. The summed E-state index contributed by atoms with van der Waals surface area (Å²) in [6.45, 7) is 4.78. The smallest absolute Gasteiger partial charge is 0.265 e. The Morgan fingerprint density at radius 2 is 2.00 bits per heavy atom. The van der Waals surface area contributed by atoms with E-state index >= 15 is 0 Å². The first-order chi connectivity index (χ1) is 12.5. The molecule has 0 fully saturated rings. The highest BCUT2D eigenvalue weighted by atomic mass is 32.1. The van der Waals surface area contributed by atoms with Crippen LogP contribution in [0.15, 0.2) is 35.7 Å². The minimum Gasteiger partial charge on any atom is -0.482 e. The first-order valence-electron chi connectivity index (χ1n) is 8.48. The molecule has 6 nitrogen and oxygen atoms in total. The van der Waals surface area contributed by atoms with Gasteiger partial charge < -0.3 is 9.64 Å². The van der Waals surface area contributed by atoms with Crippen LogP contribution in [0.1, 0.15) is 29.1 Å². The lowest BCUT2D eigenvalue weighted by Gasteiger charge is -2.31. The van der Waals surface area contributed by atoms with Crippen LogP contribution in [0, 0.1) is 0 Å². The monoisotopic (exact) mass is 372 g/mol. The third-order valence-corrected chi connectivity index (χ3v) is 5.19. The number of hydrogen-bond donors (Lipinski definition) is 0. The summed E-state index contributed by atoms with van der Waals surface area (Å²) in [6.07, 6.45) is 0. The van der Waals surface area contributed by atoms with Crippen LogP contribution in [0.2, 0.25) is 0 Å². The summed E-state index contributed by atoms with van der Waals surface area (Å²) < 4.78 is 5.46. The molecule has 2 aromatic rings. The fraction of sp³-hybridized carbons (Fsp3) is 0.316. The Labute approximate surface area is 156 Å².